The summed E-state index contributed by atoms with van der Waals surface area (Å²) in [4.78, 5) is 0. The van der Waals surface area contributed by atoms with Crippen LogP contribution < -0.4 is 9.82 Å². The van der Waals surface area contributed by atoms with Crippen LogP contribution in [0.3, 0.4) is 0 Å². The van der Waals surface area contributed by atoms with Crippen LogP contribution in [0.25, 0.3) is 0 Å². The maximum absolute atomic E-state index is 9.13. The van der Waals surface area contributed by atoms with Crippen molar-refractivity contribution in [1.29, 1.82) is 0 Å². The molecule has 108 valence electrons. The number of para-hydroxylation sites is 1. The molecule has 0 fully saturated rings. The second kappa shape index (κ2) is 7.84. The van der Waals surface area contributed by atoms with Crippen LogP contribution in [0.4, 0.5) is 0 Å². The van der Waals surface area contributed by atoms with Crippen LogP contribution in [0, 0.1) is 0 Å². The average molecular weight is 283 g/mol. The largest absolute Gasteiger partial charge is 0.488 e. The Morgan fingerprint density at radius 3 is 2.68 bits per heavy atom. The highest BCUT2D eigenvalue weighted by atomic mass is 31.1. The zero-order valence-electron chi connectivity index (χ0n) is 12.4. The zero-order chi connectivity index (χ0) is 14.3. The summed E-state index contributed by atoms with van der Waals surface area (Å²) in [5.41, 5.74) is 1.26. The van der Waals surface area contributed by atoms with Crippen LogP contribution in [-0.2, 0) is 5.41 Å². The SMILES string of the molecule is CPNCCC(C)(C)c1ccccc1OC(C)CO. The van der Waals surface area contributed by atoms with Crippen molar-refractivity contribution in [2.75, 3.05) is 19.8 Å². The summed E-state index contributed by atoms with van der Waals surface area (Å²) in [6.45, 7) is 9.54. The van der Waals surface area contributed by atoms with E-state index in [9.17, 15) is 0 Å². The van der Waals surface area contributed by atoms with Gasteiger partial charge in [0, 0.05) is 0 Å². The van der Waals surface area contributed by atoms with E-state index < -0.39 is 0 Å². The molecular weight excluding hydrogens is 257 g/mol. The van der Waals surface area contributed by atoms with E-state index in [1.165, 1.54) is 5.56 Å². The average Bonchev–Trinajstić information content (AvgIpc) is 2.39. The van der Waals surface area contributed by atoms with Crippen molar-refractivity contribution in [3.8, 4) is 5.75 Å². The van der Waals surface area contributed by atoms with E-state index in [1.54, 1.807) is 0 Å². The standard InChI is InChI=1S/C15H26NO2P/c1-12(11-17)18-14-8-6-5-7-13(14)15(2,3)9-10-16-19-4/h5-8,12,16-17,19H,9-11H2,1-4H3. The lowest BCUT2D eigenvalue weighted by molar-refractivity contribution is 0.127. The molecule has 2 unspecified atom stereocenters. The molecule has 3 nitrogen and oxygen atoms in total. The molecule has 0 amide bonds. The van der Waals surface area contributed by atoms with Crippen molar-refractivity contribution >= 4 is 8.73 Å². The van der Waals surface area contributed by atoms with Crippen LogP contribution in [0.1, 0.15) is 32.8 Å². The minimum Gasteiger partial charge on any atom is -0.488 e. The van der Waals surface area contributed by atoms with Gasteiger partial charge in [-0.05, 0) is 43.6 Å². The molecule has 0 aromatic heterocycles. The molecule has 0 saturated carbocycles. The van der Waals surface area contributed by atoms with Gasteiger partial charge in [0.1, 0.15) is 11.9 Å². The summed E-state index contributed by atoms with van der Waals surface area (Å²) in [6.07, 6.45) is 0.883. The van der Waals surface area contributed by atoms with Crippen LogP contribution in [-0.4, -0.2) is 31.0 Å². The van der Waals surface area contributed by atoms with Crippen LogP contribution in [0.2, 0.25) is 0 Å². The van der Waals surface area contributed by atoms with Crippen molar-refractivity contribution in [1.82, 2.24) is 5.09 Å². The first kappa shape index (κ1) is 16.4. The van der Waals surface area contributed by atoms with Gasteiger partial charge in [0.25, 0.3) is 0 Å². The Hall–Kier alpha value is -0.630. The van der Waals surface area contributed by atoms with Gasteiger partial charge >= 0.3 is 0 Å². The molecule has 0 aliphatic rings. The van der Waals surface area contributed by atoms with Crippen molar-refractivity contribution in [2.45, 2.75) is 38.7 Å². The normalized spacial score (nSPS) is 13.9. The number of nitrogens with one attached hydrogen (secondary N) is 1. The first-order chi connectivity index (χ1) is 9.01. The lowest BCUT2D eigenvalue weighted by Crippen LogP contribution is -2.25. The van der Waals surface area contributed by atoms with Gasteiger partial charge < -0.3 is 9.84 Å². The van der Waals surface area contributed by atoms with Crippen LogP contribution in [0.5, 0.6) is 5.75 Å². The zero-order valence-corrected chi connectivity index (χ0v) is 13.4. The smallest absolute Gasteiger partial charge is 0.123 e. The summed E-state index contributed by atoms with van der Waals surface area (Å²) in [5, 5.41) is 12.5. The third-order valence-electron chi connectivity index (χ3n) is 3.25. The second-order valence-electron chi connectivity index (χ2n) is 5.42. The molecule has 4 heteroatoms. The van der Waals surface area contributed by atoms with E-state index in [1.807, 2.05) is 25.1 Å². The number of benzene rings is 1. The number of aliphatic hydroxyl groups is 1. The Morgan fingerprint density at radius 1 is 1.37 bits per heavy atom. The van der Waals surface area contributed by atoms with Crippen molar-refractivity contribution in [3.05, 3.63) is 29.8 Å². The minimum atomic E-state index is -0.174. The molecule has 19 heavy (non-hydrogen) atoms. The first-order valence-electron chi connectivity index (χ1n) is 6.78. The number of rotatable bonds is 8. The molecule has 1 rings (SSSR count). The first-order valence-corrected chi connectivity index (χ1v) is 8.28. The van der Waals surface area contributed by atoms with Gasteiger partial charge in [-0.25, -0.2) is 0 Å². The van der Waals surface area contributed by atoms with Gasteiger partial charge in [-0.3, -0.25) is 5.09 Å². The highest BCUT2D eigenvalue weighted by Crippen LogP contribution is 2.34. The number of hydrogen-bond donors (Lipinski definition) is 2. The van der Waals surface area contributed by atoms with Gasteiger partial charge in [-0.2, -0.15) is 0 Å². The number of ether oxygens (including phenoxy) is 1. The fourth-order valence-electron chi connectivity index (χ4n) is 2.02. The third kappa shape index (κ3) is 5.10. The summed E-state index contributed by atoms with van der Waals surface area (Å²) in [7, 11) is 0.781. The van der Waals surface area contributed by atoms with E-state index in [0.717, 1.165) is 27.4 Å². The molecule has 0 bridgehead atoms. The second-order valence-corrected chi connectivity index (χ2v) is 6.27. The molecule has 1 aromatic rings. The van der Waals surface area contributed by atoms with Gasteiger partial charge in [-0.1, -0.05) is 40.8 Å². The molecule has 0 aliphatic carbocycles. The molecular formula is C15H26NO2P. The molecule has 0 spiro atoms. The van der Waals surface area contributed by atoms with Crippen molar-refractivity contribution in [2.24, 2.45) is 0 Å². The number of aliphatic hydroxyl groups excluding tert-OH is 1. The fraction of sp³-hybridized carbons (Fsp3) is 0.600. The molecule has 0 aliphatic heterocycles. The van der Waals surface area contributed by atoms with Gasteiger partial charge in [-0.15, -0.1) is 0 Å². The lowest BCUT2D eigenvalue weighted by atomic mass is 9.81. The lowest BCUT2D eigenvalue weighted by Gasteiger charge is -2.28. The number of hydrogen-bond acceptors (Lipinski definition) is 3. The topological polar surface area (TPSA) is 41.5 Å². The highest BCUT2D eigenvalue weighted by Gasteiger charge is 2.24. The molecule has 2 atom stereocenters. The maximum Gasteiger partial charge on any atom is 0.123 e. The van der Waals surface area contributed by atoms with Crippen molar-refractivity contribution < 1.29 is 9.84 Å². The Kier molecular flexibility index (Phi) is 6.78. The maximum atomic E-state index is 9.13. The van der Waals surface area contributed by atoms with Crippen molar-refractivity contribution in [3.63, 3.8) is 0 Å². The summed E-state index contributed by atoms with van der Waals surface area (Å²) >= 11 is 0. The minimum absolute atomic E-state index is 0.0350. The van der Waals surface area contributed by atoms with E-state index in [4.69, 9.17) is 9.84 Å². The predicted molar refractivity (Wildman–Crippen MR) is 83.5 cm³/mol. The monoisotopic (exact) mass is 283 g/mol. The molecule has 0 saturated heterocycles. The Morgan fingerprint density at radius 2 is 2.05 bits per heavy atom. The van der Waals surface area contributed by atoms with Crippen LogP contribution in [0.15, 0.2) is 24.3 Å². The molecule has 0 heterocycles. The summed E-state index contributed by atoms with van der Waals surface area (Å²) in [6, 6.07) is 8.12. The van der Waals surface area contributed by atoms with E-state index in [2.05, 4.69) is 31.7 Å². The van der Waals surface area contributed by atoms with Gasteiger partial charge in [0.15, 0.2) is 0 Å². The summed E-state index contributed by atoms with van der Waals surface area (Å²) in [5.74, 6) is 0.882. The van der Waals surface area contributed by atoms with E-state index in [-0.39, 0.29) is 18.1 Å². The van der Waals surface area contributed by atoms with E-state index in [0.29, 0.717) is 0 Å². The Labute approximate surface area is 118 Å². The quantitative estimate of drug-likeness (QED) is 0.569. The van der Waals surface area contributed by atoms with Gasteiger partial charge in [0.2, 0.25) is 0 Å². The van der Waals surface area contributed by atoms with Gasteiger partial charge in [0.05, 0.1) is 6.61 Å². The third-order valence-corrected chi connectivity index (χ3v) is 3.86. The Balaban J connectivity index is 2.85. The fourth-order valence-corrected chi connectivity index (χ4v) is 2.39. The molecule has 2 N–H and O–H groups in total. The summed E-state index contributed by atoms with van der Waals surface area (Å²) < 4.78 is 5.82. The molecule has 1 aromatic carbocycles. The molecule has 0 radical (unpaired) electrons. The predicted octanol–water partition coefficient (Wildman–Crippen LogP) is 2.93. The van der Waals surface area contributed by atoms with E-state index >= 15 is 0 Å². The Bertz CT molecular complexity index is 382. The highest BCUT2D eigenvalue weighted by molar-refractivity contribution is 7.34. The van der Waals surface area contributed by atoms with Crippen LogP contribution >= 0.6 is 8.73 Å².